The minimum atomic E-state index is -0.491. The van der Waals surface area contributed by atoms with Crippen molar-refractivity contribution in [2.45, 2.75) is 19.1 Å². The zero-order chi connectivity index (χ0) is 10.8. The number of aliphatic hydroxyl groups excluding tert-OH is 1. The Morgan fingerprint density at radius 2 is 2.27 bits per heavy atom. The Morgan fingerprint density at radius 3 is 2.87 bits per heavy atom. The largest absolute Gasteiger partial charge is 0.486 e. The number of nitrogens with one attached hydrogen (secondary N) is 1. The second-order valence-corrected chi connectivity index (χ2v) is 3.79. The predicted octanol–water partition coefficient (Wildman–Crippen LogP) is 0.846. The number of β-amino-alcohol motifs (C(OH)–C–C–N with tert-alkyl or cyclic N) is 1. The van der Waals surface area contributed by atoms with Crippen LogP contribution in [0.2, 0.25) is 0 Å². The van der Waals surface area contributed by atoms with E-state index < -0.39 is 6.10 Å². The summed E-state index contributed by atoms with van der Waals surface area (Å²) < 4.78 is 18.4. The van der Waals surface area contributed by atoms with E-state index in [9.17, 15) is 9.50 Å². The van der Waals surface area contributed by atoms with Gasteiger partial charge in [-0.2, -0.15) is 0 Å². The molecule has 1 aromatic rings. The molecule has 2 unspecified atom stereocenters. The quantitative estimate of drug-likeness (QED) is 0.762. The fourth-order valence-electron chi connectivity index (χ4n) is 1.67. The first kappa shape index (κ1) is 10.4. The molecule has 2 rings (SSSR count). The van der Waals surface area contributed by atoms with Crippen LogP contribution in [0.1, 0.15) is 5.56 Å². The average Bonchev–Trinajstić information content (AvgIpc) is 2.57. The first-order chi connectivity index (χ1) is 7.16. The molecule has 1 fully saturated rings. The van der Waals surface area contributed by atoms with Gasteiger partial charge in [0.15, 0.2) is 0 Å². The van der Waals surface area contributed by atoms with E-state index in [1.807, 2.05) is 0 Å². The van der Waals surface area contributed by atoms with Gasteiger partial charge in [0.2, 0.25) is 0 Å². The van der Waals surface area contributed by atoms with Crippen LogP contribution in [0.3, 0.4) is 0 Å². The van der Waals surface area contributed by atoms with Gasteiger partial charge in [-0.05, 0) is 30.7 Å². The third-order valence-corrected chi connectivity index (χ3v) is 2.54. The molecule has 4 heteroatoms. The molecular weight excluding hydrogens is 197 g/mol. The molecule has 1 heterocycles. The molecule has 1 aliphatic rings. The summed E-state index contributed by atoms with van der Waals surface area (Å²) in [5, 5.41) is 12.6. The standard InChI is InChI=1S/C11H14FNO2/c1-7-4-8(12)2-3-10(7)15-11-6-13-5-9(11)14/h2-4,9,11,13-14H,5-6H2,1H3. The van der Waals surface area contributed by atoms with Crippen molar-refractivity contribution in [3.05, 3.63) is 29.6 Å². The lowest BCUT2D eigenvalue weighted by atomic mass is 10.2. The molecule has 0 bridgehead atoms. The topological polar surface area (TPSA) is 41.5 Å². The number of aliphatic hydroxyl groups is 1. The summed E-state index contributed by atoms with van der Waals surface area (Å²) in [4.78, 5) is 0. The number of hydrogen-bond acceptors (Lipinski definition) is 3. The molecular formula is C11H14FNO2. The minimum absolute atomic E-state index is 0.242. The molecule has 1 aromatic carbocycles. The Bertz CT molecular complexity index is 356. The molecule has 15 heavy (non-hydrogen) atoms. The van der Waals surface area contributed by atoms with E-state index in [2.05, 4.69) is 5.32 Å². The lowest BCUT2D eigenvalue weighted by Crippen LogP contribution is -2.30. The van der Waals surface area contributed by atoms with Crippen molar-refractivity contribution >= 4 is 0 Å². The van der Waals surface area contributed by atoms with E-state index in [0.717, 1.165) is 5.56 Å². The first-order valence-electron chi connectivity index (χ1n) is 4.98. The molecule has 0 saturated carbocycles. The van der Waals surface area contributed by atoms with Gasteiger partial charge < -0.3 is 15.2 Å². The van der Waals surface area contributed by atoms with Gasteiger partial charge in [0.1, 0.15) is 23.8 Å². The molecule has 0 radical (unpaired) electrons. The van der Waals surface area contributed by atoms with Gasteiger partial charge in [0.05, 0.1) is 0 Å². The third kappa shape index (κ3) is 2.27. The molecule has 2 N–H and O–H groups in total. The number of halogens is 1. The summed E-state index contributed by atoms with van der Waals surface area (Å²) in [5.74, 6) is 0.356. The van der Waals surface area contributed by atoms with Gasteiger partial charge in [-0.15, -0.1) is 0 Å². The molecule has 82 valence electrons. The number of benzene rings is 1. The van der Waals surface area contributed by atoms with Crippen LogP contribution in [0.5, 0.6) is 5.75 Å². The van der Waals surface area contributed by atoms with Crippen molar-refractivity contribution in [3.8, 4) is 5.75 Å². The number of hydrogen-bond donors (Lipinski definition) is 2. The lowest BCUT2D eigenvalue weighted by Gasteiger charge is -2.17. The predicted molar refractivity (Wildman–Crippen MR) is 54.4 cm³/mol. The van der Waals surface area contributed by atoms with Crippen LogP contribution in [0.4, 0.5) is 4.39 Å². The zero-order valence-corrected chi connectivity index (χ0v) is 8.53. The third-order valence-electron chi connectivity index (χ3n) is 2.54. The van der Waals surface area contributed by atoms with Crippen LogP contribution in [-0.2, 0) is 0 Å². The molecule has 0 aliphatic carbocycles. The fourth-order valence-corrected chi connectivity index (χ4v) is 1.67. The Hall–Kier alpha value is -1.13. The smallest absolute Gasteiger partial charge is 0.138 e. The van der Waals surface area contributed by atoms with Crippen LogP contribution < -0.4 is 10.1 Å². The molecule has 2 atom stereocenters. The Labute approximate surface area is 87.9 Å². The number of aryl methyl sites for hydroxylation is 1. The highest BCUT2D eigenvalue weighted by Crippen LogP contribution is 2.21. The summed E-state index contributed by atoms with van der Waals surface area (Å²) in [6.07, 6.45) is -0.733. The van der Waals surface area contributed by atoms with Crippen molar-refractivity contribution in [1.29, 1.82) is 0 Å². The zero-order valence-electron chi connectivity index (χ0n) is 8.53. The van der Waals surface area contributed by atoms with Crippen LogP contribution >= 0.6 is 0 Å². The highest BCUT2D eigenvalue weighted by atomic mass is 19.1. The van der Waals surface area contributed by atoms with Crippen LogP contribution in [0.15, 0.2) is 18.2 Å². The van der Waals surface area contributed by atoms with E-state index in [0.29, 0.717) is 18.8 Å². The second kappa shape index (κ2) is 4.16. The molecule has 0 aromatic heterocycles. The van der Waals surface area contributed by atoms with Crippen LogP contribution in [-0.4, -0.2) is 30.4 Å². The highest BCUT2D eigenvalue weighted by Gasteiger charge is 2.26. The highest BCUT2D eigenvalue weighted by molar-refractivity contribution is 5.32. The van der Waals surface area contributed by atoms with E-state index in [1.165, 1.54) is 12.1 Å². The van der Waals surface area contributed by atoms with Gasteiger partial charge in [-0.25, -0.2) is 4.39 Å². The van der Waals surface area contributed by atoms with E-state index >= 15 is 0 Å². The molecule has 0 spiro atoms. The number of ether oxygens (including phenoxy) is 1. The van der Waals surface area contributed by atoms with Gasteiger partial charge in [-0.3, -0.25) is 0 Å². The molecule has 1 saturated heterocycles. The monoisotopic (exact) mass is 211 g/mol. The maximum absolute atomic E-state index is 12.8. The first-order valence-corrected chi connectivity index (χ1v) is 4.98. The van der Waals surface area contributed by atoms with Crippen molar-refractivity contribution < 1.29 is 14.2 Å². The van der Waals surface area contributed by atoms with Gasteiger partial charge >= 0.3 is 0 Å². The summed E-state index contributed by atoms with van der Waals surface area (Å²) >= 11 is 0. The molecule has 1 aliphatic heterocycles. The van der Waals surface area contributed by atoms with Crippen molar-refractivity contribution in [3.63, 3.8) is 0 Å². The summed E-state index contributed by atoms with van der Waals surface area (Å²) in [5.41, 5.74) is 0.745. The van der Waals surface area contributed by atoms with E-state index in [1.54, 1.807) is 13.0 Å². The normalized spacial score (nSPS) is 25.5. The average molecular weight is 211 g/mol. The van der Waals surface area contributed by atoms with Crippen molar-refractivity contribution in [1.82, 2.24) is 5.32 Å². The van der Waals surface area contributed by atoms with Gasteiger partial charge in [-0.1, -0.05) is 0 Å². The minimum Gasteiger partial charge on any atom is -0.486 e. The molecule has 3 nitrogen and oxygen atoms in total. The Balaban J connectivity index is 2.10. The van der Waals surface area contributed by atoms with Crippen LogP contribution in [0.25, 0.3) is 0 Å². The van der Waals surface area contributed by atoms with Crippen molar-refractivity contribution in [2.24, 2.45) is 0 Å². The van der Waals surface area contributed by atoms with Crippen LogP contribution in [0, 0.1) is 12.7 Å². The van der Waals surface area contributed by atoms with Gasteiger partial charge in [0, 0.05) is 13.1 Å². The summed E-state index contributed by atoms with van der Waals surface area (Å²) in [7, 11) is 0. The fraction of sp³-hybridized carbons (Fsp3) is 0.455. The van der Waals surface area contributed by atoms with E-state index in [-0.39, 0.29) is 11.9 Å². The Kier molecular flexibility index (Phi) is 2.88. The van der Waals surface area contributed by atoms with Crippen molar-refractivity contribution in [2.75, 3.05) is 13.1 Å². The van der Waals surface area contributed by atoms with Gasteiger partial charge in [0.25, 0.3) is 0 Å². The Morgan fingerprint density at radius 1 is 1.47 bits per heavy atom. The summed E-state index contributed by atoms with van der Waals surface area (Å²) in [6.45, 7) is 2.95. The summed E-state index contributed by atoms with van der Waals surface area (Å²) in [6, 6.07) is 4.37. The second-order valence-electron chi connectivity index (χ2n) is 3.79. The number of rotatable bonds is 2. The van der Waals surface area contributed by atoms with E-state index in [4.69, 9.17) is 4.74 Å². The molecule has 0 amide bonds. The maximum atomic E-state index is 12.8. The SMILES string of the molecule is Cc1cc(F)ccc1OC1CNCC1O. The maximum Gasteiger partial charge on any atom is 0.138 e. The lowest BCUT2D eigenvalue weighted by molar-refractivity contribution is 0.0732.